The lowest BCUT2D eigenvalue weighted by atomic mass is 9.76. The second-order valence-corrected chi connectivity index (χ2v) is 10.9. The normalized spacial score (nSPS) is 20.6. The van der Waals surface area contributed by atoms with E-state index in [0.29, 0.717) is 44.2 Å². The van der Waals surface area contributed by atoms with E-state index in [2.05, 4.69) is 24.9 Å². The molecular formula is C32H41N3O5. The number of amides is 2. The van der Waals surface area contributed by atoms with Crippen molar-refractivity contribution in [3.05, 3.63) is 59.3 Å². The Hall–Kier alpha value is -3.52. The second-order valence-electron chi connectivity index (χ2n) is 10.9. The lowest BCUT2D eigenvalue weighted by Gasteiger charge is -2.51. The molecule has 1 unspecified atom stereocenters. The van der Waals surface area contributed by atoms with Crippen LogP contribution in [0.3, 0.4) is 0 Å². The number of piperazine rings is 1. The van der Waals surface area contributed by atoms with E-state index in [-0.39, 0.29) is 24.3 Å². The number of carbonyl (C=O) groups excluding carboxylic acids is 2. The van der Waals surface area contributed by atoms with Crippen LogP contribution in [0.2, 0.25) is 0 Å². The minimum Gasteiger partial charge on any atom is -0.493 e. The highest BCUT2D eigenvalue weighted by atomic mass is 16.5. The van der Waals surface area contributed by atoms with Gasteiger partial charge in [0.2, 0.25) is 5.91 Å². The van der Waals surface area contributed by atoms with Crippen molar-refractivity contribution in [3.8, 4) is 11.5 Å². The summed E-state index contributed by atoms with van der Waals surface area (Å²) in [5.41, 5.74) is 2.71. The summed E-state index contributed by atoms with van der Waals surface area (Å²) in [6.45, 7) is 8.99. The summed E-state index contributed by atoms with van der Waals surface area (Å²) in [6, 6.07) is 14.1. The zero-order chi connectivity index (χ0) is 28.3. The second kappa shape index (κ2) is 11.9. The number of nitrogens with one attached hydrogen (secondary N) is 1. The van der Waals surface area contributed by atoms with Gasteiger partial charge in [-0.05, 0) is 55.5 Å². The number of fused-ring (bicyclic) bond motifs is 5. The van der Waals surface area contributed by atoms with Gasteiger partial charge in [0.1, 0.15) is 0 Å². The van der Waals surface area contributed by atoms with E-state index in [0.717, 1.165) is 53.6 Å². The Balaban J connectivity index is 1.52. The van der Waals surface area contributed by atoms with E-state index in [1.54, 1.807) is 16.9 Å². The monoisotopic (exact) mass is 547 g/mol. The van der Waals surface area contributed by atoms with Gasteiger partial charge in [-0.15, -0.1) is 0 Å². The number of nitrogens with zero attached hydrogens (tertiary/aromatic N) is 2. The molecule has 0 bridgehead atoms. The van der Waals surface area contributed by atoms with Crippen molar-refractivity contribution >= 4 is 22.7 Å². The molecular weight excluding hydrogens is 506 g/mol. The Labute approximate surface area is 236 Å². The molecule has 1 fully saturated rings. The molecule has 3 heterocycles. The number of unbranched alkanes of at least 4 members (excludes halogenated alkanes) is 1. The van der Waals surface area contributed by atoms with Crippen molar-refractivity contribution in [3.63, 3.8) is 0 Å². The van der Waals surface area contributed by atoms with Crippen LogP contribution in [0.5, 0.6) is 11.5 Å². The fraction of sp³-hybridized carbons (Fsp3) is 0.500. The van der Waals surface area contributed by atoms with Gasteiger partial charge in [0.05, 0.1) is 26.0 Å². The first-order valence-corrected chi connectivity index (χ1v) is 14.5. The highest BCUT2D eigenvalue weighted by Gasteiger charge is 2.56. The molecule has 0 spiro atoms. The highest BCUT2D eigenvalue weighted by Crippen LogP contribution is 2.49. The van der Waals surface area contributed by atoms with E-state index in [1.165, 1.54) is 0 Å². The molecule has 2 atom stereocenters. The van der Waals surface area contributed by atoms with Crippen LogP contribution in [0.4, 0.5) is 0 Å². The van der Waals surface area contributed by atoms with Gasteiger partial charge in [0.15, 0.2) is 17.0 Å². The lowest BCUT2D eigenvalue weighted by molar-refractivity contribution is -0.166. The summed E-state index contributed by atoms with van der Waals surface area (Å²) >= 11 is 0. The molecule has 2 aliphatic heterocycles. The number of aromatic amines is 1. The van der Waals surface area contributed by atoms with E-state index >= 15 is 0 Å². The average molecular weight is 548 g/mol. The Morgan fingerprint density at radius 3 is 2.58 bits per heavy atom. The van der Waals surface area contributed by atoms with Gasteiger partial charge in [-0.2, -0.15) is 0 Å². The maximum atomic E-state index is 14.2. The van der Waals surface area contributed by atoms with E-state index in [4.69, 9.17) is 14.2 Å². The molecule has 8 heteroatoms. The van der Waals surface area contributed by atoms with Crippen LogP contribution in [0.25, 0.3) is 10.9 Å². The standard InChI is InChI=1S/C32H41N3O5/c1-5-7-17-39-18-10-15-34-21-28(36)35-20-24(22-13-14-26(40-16-6-2)27(19-22)38-4)29-23-11-8-9-12-25(23)33-30(29)32(35,3)31(34)37/h8-9,11-14,19,24,33H,5-7,10,15-18,20-21H2,1-4H3/t24?,32-/m0/s1. The fourth-order valence-corrected chi connectivity index (χ4v) is 6.09. The Kier molecular flexibility index (Phi) is 8.35. The molecule has 0 saturated carbocycles. The molecule has 8 nitrogen and oxygen atoms in total. The van der Waals surface area contributed by atoms with Gasteiger partial charge in [-0.3, -0.25) is 9.59 Å². The minimum absolute atomic E-state index is 0.0434. The molecule has 0 radical (unpaired) electrons. The smallest absolute Gasteiger partial charge is 0.254 e. The number of H-pyrrole nitrogens is 1. The largest absolute Gasteiger partial charge is 0.493 e. The van der Waals surface area contributed by atoms with E-state index in [1.807, 2.05) is 43.3 Å². The Morgan fingerprint density at radius 2 is 1.80 bits per heavy atom. The third-order valence-corrected chi connectivity index (χ3v) is 8.23. The van der Waals surface area contributed by atoms with Gasteiger partial charge >= 0.3 is 0 Å². The molecule has 3 aromatic rings. The SMILES string of the molecule is CCCCOCCCN1CC(=O)N2CC(c3ccc(OCCC)c(OC)c3)c3c([nH]c4ccccc34)[C@@]2(C)C1=O. The van der Waals surface area contributed by atoms with Crippen molar-refractivity contribution in [1.29, 1.82) is 0 Å². The highest BCUT2D eigenvalue weighted by molar-refractivity contribution is 6.01. The van der Waals surface area contributed by atoms with Crippen molar-refractivity contribution < 1.29 is 23.8 Å². The summed E-state index contributed by atoms with van der Waals surface area (Å²) in [5, 5.41) is 1.07. The van der Waals surface area contributed by atoms with E-state index in [9.17, 15) is 9.59 Å². The predicted molar refractivity (Wildman–Crippen MR) is 155 cm³/mol. The predicted octanol–water partition coefficient (Wildman–Crippen LogP) is 5.20. The number of para-hydroxylation sites is 1. The number of hydrogen-bond acceptors (Lipinski definition) is 5. The molecule has 2 aromatic carbocycles. The average Bonchev–Trinajstić information content (AvgIpc) is 3.37. The van der Waals surface area contributed by atoms with E-state index < -0.39 is 5.54 Å². The number of benzene rings is 2. The Bertz CT molecular complexity index is 1370. The zero-order valence-corrected chi connectivity index (χ0v) is 24.1. The number of aromatic nitrogens is 1. The fourth-order valence-electron chi connectivity index (χ4n) is 6.09. The summed E-state index contributed by atoms with van der Waals surface area (Å²) in [7, 11) is 1.64. The molecule has 0 aliphatic carbocycles. The maximum absolute atomic E-state index is 14.2. The third-order valence-electron chi connectivity index (χ3n) is 8.23. The number of ether oxygens (including phenoxy) is 3. The molecule has 2 aliphatic rings. The van der Waals surface area contributed by atoms with Crippen LogP contribution < -0.4 is 9.47 Å². The van der Waals surface area contributed by atoms with Crippen molar-refractivity contribution in [2.75, 3.05) is 46.6 Å². The molecule has 5 rings (SSSR count). The molecule has 1 N–H and O–H groups in total. The molecule has 1 saturated heterocycles. The molecule has 214 valence electrons. The quantitative estimate of drug-likeness (QED) is 0.315. The van der Waals surface area contributed by atoms with Crippen LogP contribution in [0, 0.1) is 0 Å². The van der Waals surface area contributed by atoms with Crippen LogP contribution in [-0.4, -0.2) is 73.2 Å². The lowest BCUT2D eigenvalue weighted by Crippen LogP contribution is -2.67. The van der Waals surface area contributed by atoms with Gasteiger partial charge in [0.25, 0.3) is 5.91 Å². The van der Waals surface area contributed by atoms with Crippen LogP contribution in [-0.2, 0) is 19.9 Å². The number of carbonyl (C=O) groups is 2. The van der Waals surface area contributed by atoms with Gasteiger partial charge in [-0.25, -0.2) is 0 Å². The van der Waals surface area contributed by atoms with Gasteiger partial charge in [-0.1, -0.05) is 44.5 Å². The summed E-state index contributed by atoms with van der Waals surface area (Å²) in [5.74, 6) is 1.13. The summed E-state index contributed by atoms with van der Waals surface area (Å²) in [6.07, 6.45) is 3.72. The molecule has 1 aromatic heterocycles. The maximum Gasteiger partial charge on any atom is 0.254 e. The van der Waals surface area contributed by atoms with Crippen LogP contribution in [0.1, 0.15) is 69.2 Å². The topological polar surface area (TPSA) is 84.1 Å². The first-order valence-electron chi connectivity index (χ1n) is 14.5. The zero-order valence-electron chi connectivity index (χ0n) is 24.1. The van der Waals surface area contributed by atoms with Crippen LogP contribution in [0.15, 0.2) is 42.5 Å². The van der Waals surface area contributed by atoms with Gasteiger partial charge < -0.3 is 29.0 Å². The van der Waals surface area contributed by atoms with Crippen molar-refractivity contribution in [2.45, 2.75) is 57.9 Å². The summed E-state index contributed by atoms with van der Waals surface area (Å²) in [4.78, 5) is 34.9. The number of methoxy groups -OCH3 is 1. The Morgan fingerprint density at radius 1 is 1.00 bits per heavy atom. The first-order chi connectivity index (χ1) is 19.4. The van der Waals surface area contributed by atoms with Gasteiger partial charge in [0, 0.05) is 43.1 Å². The van der Waals surface area contributed by atoms with Crippen LogP contribution >= 0.6 is 0 Å². The summed E-state index contributed by atoms with van der Waals surface area (Å²) < 4.78 is 17.3. The number of rotatable bonds is 12. The number of hydrogen-bond donors (Lipinski definition) is 1. The molecule has 40 heavy (non-hydrogen) atoms. The molecule has 2 amide bonds. The third kappa shape index (κ3) is 4.94. The minimum atomic E-state index is -1.11. The first kappa shape index (κ1) is 28.0. The van der Waals surface area contributed by atoms with Crippen molar-refractivity contribution in [2.24, 2.45) is 0 Å². The van der Waals surface area contributed by atoms with Crippen molar-refractivity contribution in [1.82, 2.24) is 14.8 Å².